The van der Waals surface area contributed by atoms with Gasteiger partial charge in [-0.1, -0.05) is 0 Å². The number of ether oxygens (including phenoxy) is 2. The van der Waals surface area contributed by atoms with Gasteiger partial charge in [0.05, 0.1) is 31.0 Å². The van der Waals surface area contributed by atoms with E-state index >= 15 is 0 Å². The van der Waals surface area contributed by atoms with Gasteiger partial charge in [0.15, 0.2) is 0 Å². The Morgan fingerprint density at radius 3 is 2.70 bits per heavy atom. The van der Waals surface area contributed by atoms with Gasteiger partial charge in [-0.3, -0.25) is 4.79 Å². The first-order chi connectivity index (χ1) is 9.69. The number of anilines is 1. The molecule has 0 radical (unpaired) electrons. The van der Waals surface area contributed by atoms with E-state index in [4.69, 9.17) is 15.2 Å². The maximum Gasteiger partial charge on any atom is 0.308 e. The van der Waals surface area contributed by atoms with Crippen molar-refractivity contribution >= 4 is 11.7 Å². The first kappa shape index (κ1) is 14.6. The molecule has 0 aliphatic heterocycles. The molecule has 0 spiro atoms. The molecule has 1 aliphatic carbocycles. The van der Waals surface area contributed by atoms with Crippen molar-refractivity contribution in [3.63, 3.8) is 0 Å². The van der Waals surface area contributed by atoms with Gasteiger partial charge in [0.2, 0.25) is 5.88 Å². The third-order valence-corrected chi connectivity index (χ3v) is 3.69. The third-order valence-electron chi connectivity index (χ3n) is 3.69. The quantitative estimate of drug-likeness (QED) is 0.837. The summed E-state index contributed by atoms with van der Waals surface area (Å²) in [4.78, 5) is 15.7. The molecule has 5 heteroatoms. The fourth-order valence-electron chi connectivity index (χ4n) is 2.51. The lowest BCUT2D eigenvalue weighted by molar-refractivity contribution is -0.149. The van der Waals surface area contributed by atoms with E-state index in [0.717, 1.165) is 25.7 Å². The van der Waals surface area contributed by atoms with Gasteiger partial charge in [-0.2, -0.15) is 0 Å². The van der Waals surface area contributed by atoms with Gasteiger partial charge in [0.25, 0.3) is 0 Å². The van der Waals surface area contributed by atoms with E-state index in [1.165, 1.54) is 0 Å². The molecule has 2 N–H and O–H groups in total. The molecule has 0 aromatic carbocycles. The normalized spacial score (nSPS) is 22.2. The van der Waals surface area contributed by atoms with Gasteiger partial charge in [-0.25, -0.2) is 4.98 Å². The minimum absolute atomic E-state index is 0.0490. The second-order valence-electron chi connectivity index (χ2n) is 5.21. The molecule has 0 unspecified atom stereocenters. The van der Waals surface area contributed by atoms with Crippen LogP contribution in [0, 0.1) is 11.8 Å². The molecule has 0 bridgehead atoms. The highest BCUT2D eigenvalue weighted by Gasteiger charge is 2.27. The zero-order valence-electron chi connectivity index (χ0n) is 11.9. The van der Waals surface area contributed by atoms with Crippen molar-refractivity contribution < 1.29 is 14.3 Å². The number of nitrogens with zero attached hydrogens (tertiary/aromatic N) is 1. The summed E-state index contributed by atoms with van der Waals surface area (Å²) >= 11 is 0. The van der Waals surface area contributed by atoms with Crippen LogP contribution in [0.25, 0.3) is 0 Å². The van der Waals surface area contributed by atoms with Crippen LogP contribution in [0.3, 0.4) is 0 Å². The van der Waals surface area contributed by atoms with Gasteiger partial charge in [0, 0.05) is 6.07 Å². The largest absolute Gasteiger partial charge is 0.477 e. The number of carbonyl (C=O) groups excluding carboxylic acids is 1. The molecule has 1 saturated carbocycles. The molecule has 2 rings (SSSR count). The third kappa shape index (κ3) is 4.11. The number of nitrogen functional groups attached to an aromatic ring is 1. The van der Waals surface area contributed by atoms with Crippen LogP contribution in [0.2, 0.25) is 0 Å². The van der Waals surface area contributed by atoms with Crippen LogP contribution in [0.15, 0.2) is 18.3 Å². The van der Waals surface area contributed by atoms with Gasteiger partial charge in [-0.05, 0) is 44.6 Å². The second-order valence-corrected chi connectivity index (χ2v) is 5.21. The Kier molecular flexibility index (Phi) is 5.21. The molecule has 1 fully saturated rings. The number of carbonyl (C=O) groups is 1. The second kappa shape index (κ2) is 7.12. The molecule has 1 aromatic heterocycles. The van der Waals surface area contributed by atoms with Crippen molar-refractivity contribution in [1.82, 2.24) is 4.98 Å². The van der Waals surface area contributed by atoms with Gasteiger partial charge >= 0.3 is 5.97 Å². The van der Waals surface area contributed by atoms with Gasteiger partial charge < -0.3 is 15.2 Å². The van der Waals surface area contributed by atoms with E-state index in [0.29, 0.717) is 30.7 Å². The van der Waals surface area contributed by atoms with Crippen molar-refractivity contribution in [3.05, 3.63) is 18.3 Å². The number of hydrogen-bond donors (Lipinski definition) is 1. The SMILES string of the molecule is CCOC(=O)C1CCC(COc2ccc(N)cn2)CC1. The van der Waals surface area contributed by atoms with Gasteiger partial charge in [0.1, 0.15) is 0 Å². The molecular formula is C15H22N2O3. The predicted octanol–water partition coefficient (Wildman–Crippen LogP) is 2.41. The summed E-state index contributed by atoms with van der Waals surface area (Å²) in [6, 6.07) is 3.56. The van der Waals surface area contributed by atoms with Crippen LogP contribution in [-0.2, 0) is 9.53 Å². The Morgan fingerprint density at radius 2 is 2.10 bits per heavy atom. The van der Waals surface area contributed by atoms with Crippen LogP contribution >= 0.6 is 0 Å². The summed E-state index contributed by atoms with van der Waals surface area (Å²) in [5.41, 5.74) is 6.20. The molecule has 1 aliphatic rings. The van der Waals surface area contributed by atoms with Gasteiger partial charge in [-0.15, -0.1) is 0 Å². The summed E-state index contributed by atoms with van der Waals surface area (Å²) in [5.74, 6) is 1.11. The Labute approximate surface area is 119 Å². The Morgan fingerprint density at radius 1 is 1.35 bits per heavy atom. The van der Waals surface area contributed by atoms with Crippen LogP contribution in [0.1, 0.15) is 32.6 Å². The average molecular weight is 278 g/mol. The molecule has 110 valence electrons. The number of pyridine rings is 1. The molecular weight excluding hydrogens is 256 g/mol. The van der Waals surface area contributed by atoms with E-state index in [1.54, 1.807) is 18.3 Å². The summed E-state index contributed by atoms with van der Waals surface area (Å²) < 4.78 is 10.7. The highest BCUT2D eigenvalue weighted by atomic mass is 16.5. The predicted molar refractivity (Wildman–Crippen MR) is 76.2 cm³/mol. The number of hydrogen-bond acceptors (Lipinski definition) is 5. The fraction of sp³-hybridized carbons (Fsp3) is 0.600. The lowest BCUT2D eigenvalue weighted by Gasteiger charge is -2.26. The standard InChI is InChI=1S/C15H22N2O3/c1-2-19-15(18)12-5-3-11(4-6-12)10-20-14-8-7-13(16)9-17-14/h7-9,11-12H,2-6,10,16H2,1H3. The average Bonchev–Trinajstić information content (AvgIpc) is 2.47. The maximum atomic E-state index is 11.6. The molecule has 20 heavy (non-hydrogen) atoms. The van der Waals surface area contributed by atoms with Crippen LogP contribution in [0.5, 0.6) is 5.88 Å². The lowest BCUT2D eigenvalue weighted by Crippen LogP contribution is -2.26. The topological polar surface area (TPSA) is 74.4 Å². The zero-order valence-corrected chi connectivity index (χ0v) is 11.9. The van der Waals surface area contributed by atoms with E-state index in [1.807, 2.05) is 6.92 Å². The summed E-state index contributed by atoms with van der Waals surface area (Å²) in [6.07, 6.45) is 5.37. The first-order valence-corrected chi connectivity index (χ1v) is 7.20. The van der Waals surface area contributed by atoms with Crippen molar-refractivity contribution in [3.8, 4) is 5.88 Å². The van der Waals surface area contributed by atoms with E-state index in [9.17, 15) is 4.79 Å². The van der Waals surface area contributed by atoms with Crippen LogP contribution in [-0.4, -0.2) is 24.2 Å². The maximum absolute atomic E-state index is 11.6. The molecule has 5 nitrogen and oxygen atoms in total. The zero-order chi connectivity index (χ0) is 14.4. The first-order valence-electron chi connectivity index (χ1n) is 7.20. The van der Waals surface area contributed by atoms with E-state index < -0.39 is 0 Å². The van der Waals surface area contributed by atoms with Crippen LogP contribution in [0.4, 0.5) is 5.69 Å². The smallest absolute Gasteiger partial charge is 0.308 e. The Balaban J connectivity index is 1.72. The van der Waals surface area contributed by atoms with Crippen LogP contribution < -0.4 is 10.5 Å². The molecule has 1 heterocycles. The van der Waals surface area contributed by atoms with Crippen molar-refractivity contribution in [2.75, 3.05) is 18.9 Å². The molecule has 0 atom stereocenters. The lowest BCUT2D eigenvalue weighted by atomic mass is 9.82. The Bertz CT molecular complexity index is 425. The van der Waals surface area contributed by atoms with Crippen molar-refractivity contribution in [2.45, 2.75) is 32.6 Å². The Hall–Kier alpha value is -1.78. The minimum Gasteiger partial charge on any atom is -0.477 e. The molecule has 0 amide bonds. The number of esters is 1. The fourth-order valence-corrected chi connectivity index (χ4v) is 2.51. The highest BCUT2D eigenvalue weighted by molar-refractivity contribution is 5.72. The highest BCUT2D eigenvalue weighted by Crippen LogP contribution is 2.30. The minimum atomic E-state index is -0.0490. The number of nitrogens with two attached hydrogens (primary N) is 1. The van der Waals surface area contributed by atoms with E-state index in [-0.39, 0.29) is 11.9 Å². The van der Waals surface area contributed by atoms with Crippen molar-refractivity contribution in [2.24, 2.45) is 11.8 Å². The summed E-state index contributed by atoms with van der Waals surface area (Å²) in [6.45, 7) is 2.95. The number of aromatic nitrogens is 1. The number of rotatable bonds is 5. The summed E-state index contributed by atoms with van der Waals surface area (Å²) in [5, 5.41) is 0. The molecule has 1 aromatic rings. The van der Waals surface area contributed by atoms with E-state index in [2.05, 4.69) is 4.98 Å². The monoisotopic (exact) mass is 278 g/mol. The van der Waals surface area contributed by atoms with Crippen molar-refractivity contribution in [1.29, 1.82) is 0 Å². The molecule has 0 saturated heterocycles. The summed E-state index contributed by atoms with van der Waals surface area (Å²) in [7, 11) is 0.